The number of hydrogen-bond donors (Lipinski definition) is 1. The third-order valence-electron chi connectivity index (χ3n) is 4.12. The SMILES string of the molecule is CNC(=O)C(CN(Cc1ccccc1)C(=O)OC)c1ccc([N+](=O)[O-])cc1. The van der Waals surface area contributed by atoms with Crippen LogP contribution in [-0.4, -0.2) is 42.5 Å². The number of rotatable bonds is 7. The Labute approximate surface area is 156 Å². The molecule has 0 fully saturated rings. The molecule has 1 N–H and O–H groups in total. The maximum absolute atomic E-state index is 12.4. The van der Waals surface area contributed by atoms with Crippen LogP contribution in [0, 0.1) is 10.1 Å². The van der Waals surface area contributed by atoms with Gasteiger partial charge in [0.15, 0.2) is 0 Å². The summed E-state index contributed by atoms with van der Waals surface area (Å²) in [5.41, 5.74) is 1.40. The van der Waals surface area contributed by atoms with Crippen molar-refractivity contribution in [2.45, 2.75) is 12.5 Å². The Balaban J connectivity index is 2.28. The van der Waals surface area contributed by atoms with Gasteiger partial charge in [-0.3, -0.25) is 14.9 Å². The van der Waals surface area contributed by atoms with Crippen molar-refractivity contribution in [3.05, 3.63) is 75.8 Å². The normalized spacial score (nSPS) is 11.3. The van der Waals surface area contributed by atoms with E-state index in [0.717, 1.165) is 5.56 Å². The third kappa shape index (κ3) is 5.27. The highest BCUT2D eigenvalue weighted by molar-refractivity contribution is 5.84. The molecular formula is C19H21N3O5. The zero-order valence-corrected chi connectivity index (χ0v) is 15.1. The van der Waals surface area contributed by atoms with E-state index >= 15 is 0 Å². The highest BCUT2D eigenvalue weighted by Gasteiger charge is 2.26. The fourth-order valence-corrected chi connectivity index (χ4v) is 2.70. The minimum absolute atomic E-state index is 0.0662. The molecule has 27 heavy (non-hydrogen) atoms. The van der Waals surface area contributed by atoms with Crippen LogP contribution in [0.1, 0.15) is 17.0 Å². The van der Waals surface area contributed by atoms with Crippen molar-refractivity contribution < 1.29 is 19.2 Å². The molecule has 0 aliphatic carbocycles. The zero-order chi connectivity index (χ0) is 19.8. The number of benzene rings is 2. The largest absolute Gasteiger partial charge is 0.453 e. The Morgan fingerprint density at radius 1 is 1.15 bits per heavy atom. The second kappa shape index (κ2) is 9.33. The Morgan fingerprint density at radius 3 is 2.30 bits per heavy atom. The topological polar surface area (TPSA) is 102 Å². The number of nitrogens with zero attached hydrogens (tertiary/aromatic N) is 2. The highest BCUT2D eigenvalue weighted by Crippen LogP contribution is 2.22. The fraction of sp³-hybridized carbons (Fsp3) is 0.263. The number of likely N-dealkylation sites (N-methyl/N-ethyl adjacent to an activating group) is 1. The van der Waals surface area contributed by atoms with E-state index in [1.807, 2.05) is 30.3 Å². The first kappa shape index (κ1) is 19.9. The Bertz CT molecular complexity index is 793. The second-order valence-electron chi connectivity index (χ2n) is 5.85. The summed E-state index contributed by atoms with van der Waals surface area (Å²) in [7, 11) is 2.78. The first-order valence-electron chi connectivity index (χ1n) is 8.29. The van der Waals surface area contributed by atoms with Gasteiger partial charge in [0.2, 0.25) is 5.91 Å². The van der Waals surface area contributed by atoms with Crippen LogP contribution in [-0.2, 0) is 16.1 Å². The van der Waals surface area contributed by atoms with Crippen molar-refractivity contribution in [3.63, 3.8) is 0 Å². The van der Waals surface area contributed by atoms with Crippen LogP contribution in [0.25, 0.3) is 0 Å². The molecule has 2 amide bonds. The molecule has 0 aromatic heterocycles. The van der Waals surface area contributed by atoms with Crippen molar-refractivity contribution in [1.29, 1.82) is 0 Å². The number of nitrogens with one attached hydrogen (secondary N) is 1. The Morgan fingerprint density at radius 2 is 1.78 bits per heavy atom. The van der Waals surface area contributed by atoms with E-state index in [9.17, 15) is 19.7 Å². The van der Waals surface area contributed by atoms with Gasteiger partial charge in [-0.2, -0.15) is 0 Å². The Kier molecular flexibility index (Phi) is 6.87. The van der Waals surface area contributed by atoms with Crippen LogP contribution < -0.4 is 5.32 Å². The molecule has 0 spiro atoms. The summed E-state index contributed by atoms with van der Waals surface area (Å²) in [6.07, 6.45) is -0.560. The first-order valence-corrected chi connectivity index (χ1v) is 8.29. The van der Waals surface area contributed by atoms with Crippen LogP contribution in [0.4, 0.5) is 10.5 Å². The number of ether oxygens (including phenoxy) is 1. The monoisotopic (exact) mass is 371 g/mol. The van der Waals surface area contributed by atoms with Crippen molar-refractivity contribution in [3.8, 4) is 0 Å². The molecule has 2 aromatic rings. The van der Waals surface area contributed by atoms with Gasteiger partial charge < -0.3 is 15.0 Å². The molecule has 0 heterocycles. The predicted molar refractivity (Wildman–Crippen MR) is 99.2 cm³/mol. The molecule has 0 aliphatic rings. The quantitative estimate of drug-likeness (QED) is 0.595. The van der Waals surface area contributed by atoms with E-state index in [2.05, 4.69) is 5.32 Å². The summed E-state index contributed by atoms with van der Waals surface area (Å²) < 4.78 is 4.85. The molecule has 8 heteroatoms. The van der Waals surface area contributed by atoms with Crippen molar-refractivity contribution in [1.82, 2.24) is 10.2 Å². The molecule has 0 radical (unpaired) electrons. The lowest BCUT2D eigenvalue weighted by molar-refractivity contribution is -0.384. The van der Waals surface area contributed by atoms with Gasteiger partial charge in [0.05, 0.1) is 18.0 Å². The number of nitro groups is 1. The molecule has 2 aromatic carbocycles. The highest BCUT2D eigenvalue weighted by atomic mass is 16.6. The fourth-order valence-electron chi connectivity index (χ4n) is 2.70. The van der Waals surface area contributed by atoms with Gasteiger partial charge in [-0.1, -0.05) is 42.5 Å². The Hall–Kier alpha value is -3.42. The molecule has 0 aliphatic heterocycles. The molecule has 0 saturated carbocycles. The second-order valence-corrected chi connectivity index (χ2v) is 5.85. The summed E-state index contributed by atoms with van der Waals surface area (Å²) in [6, 6.07) is 15.1. The van der Waals surface area contributed by atoms with Crippen LogP contribution in [0.5, 0.6) is 0 Å². The first-order chi connectivity index (χ1) is 13.0. The van der Waals surface area contributed by atoms with E-state index in [1.165, 1.54) is 43.3 Å². The average Bonchev–Trinajstić information content (AvgIpc) is 2.70. The predicted octanol–water partition coefficient (Wildman–Crippen LogP) is 2.69. The van der Waals surface area contributed by atoms with Gasteiger partial charge in [0, 0.05) is 32.3 Å². The lowest BCUT2D eigenvalue weighted by atomic mass is 9.97. The summed E-state index contributed by atoms with van der Waals surface area (Å²) in [5.74, 6) is -0.996. The van der Waals surface area contributed by atoms with Gasteiger partial charge in [-0.25, -0.2) is 4.79 Å². The number of non-ortho nitro benzene ring substituents is 1. The van der Waals surface area contributed by atoms with E-state index in [4.69, 9.17) is 4.74 Å². The molecule has 142 valence electrons. The van der Waals surface area contributed by atoms with E-state index in [1.54, 1.807) is 0 Å². The van der Waals surface area contributed by atoms with E-state index in [-0.39, 0.29) is 24.7 Å². The van der Waals surface area contributed by atoms with E-state index in [0.29, 0.717) is 5.56 Å². The minimum atomic E-state index is -0.696. The number of hydrogen-bond acceptors (Lipinski definition) is 5. The molecule has 1 unspecified atom stereocenters. The summed E-state index contributed by atoms with van der Waals surface area (Å²) in [4.78, 5) is 36.4. The van der Waals surface area contributed by atoms with E-state index < -0.39 is 16.9 Å². The average molecular weight is 371 g/mol. The van der Waals surface area contributed by atoms with Crippen LogP contribution in [0.15, 0.2) is 54.6 Å². The van der Waals surface area contributed by atoms with Crippen molar-refractivity contribution in [2.75, 3.05) is 20.7 Å². The molecular weight excluding hydrogens is 350 g/mol. The number of methoxy groups -OCH3 is 1. The van der Waals surface area contributed by atoms with Gasteiger partial charge >= 0.3 is 6.09 Å². The standard InChI is InChI=1S/C19H21N3O5/c1-20-18(23)17(15-8-10-16(11-9-15)22(25)26)13-21(19(24)27-2)12-14-6-4-3-5-7-14/h3-11,17H,12-13H2,1-2H3,(H,20,23). The summed E-state index contributed by atoms with van der Waals surface area (Å²) in [5, 5.41) is 13.4. The van der Waals surface area contributed by atoms with Gasteiger partial charge in [0.25, 0.3) is 5.69 Å². The molecule has 0 saturated heterocycles. The number of carbonyl (C=O) groups excluding carboxylic acids is 2. The van der Waals surface area contributed by atoms with Crippen molar-refractivity contribution in [2.24, 2.45) is 0 Å². The van der Waals surface area contributed by atoms with Gasteiger partial charge in [-0.05, 0) is 11.1 Å². The maximum Gasteiger partial charge on any atom is 0.409 e. The van der Waals surface area contributed by atoms with Gasteiger partial charge in [-0.15, -0.1) is 0 Å². The molecule has 8 nitrogen and oxygen atoms in total. The third-order valence-corrected chi connectivity index (χ3v) is 4.12. The van der Waals surface area contributed by atoms with Crippen LogP contribution in [0.3, 0.4) is 0 Å². The summed E-state index contributed by atoms with van der Waals surface area (Å²) >= 11 is 0. The summed E-state index contributed by atoms with van der Waals surface area (Å²) in [6.45, 7) is 0.340. The number of amides is 2. The lowest BCUT2D eigenvalue weighted by Crippen LogP contribution is -2.39. The maximum atomic E-state index is 12.4. The number of nitro benzene ring substituents is 1. The lowest BCUT2D eigenvalue weighted by Gasteiger charge is -2.26. The van der Waals surface area contributed by atoms with Crippen LogP contribution >= 0.6 is 0 Å². The van der Waals surface area contributed by atoms with Crippen molar-refractivity contribution >= 4 is 17.7 Å². The molecule has 2 rings (SSSR count). The minimum Gasteiger partial charge on any atom is -0.453 e. The molecule has 0 bridgehead atoms. The van der Waals surface area contributed by atoms with Gasteiger partial charge in [0.1, 0.15) is 0 Å². The van der Waals surface area contributed by atoms with Crippen LogP contribution in [0.2, 0.25) is 0 Å². The molecule has 1 atom stereocenters. The zero-order valence-electron chi connectivity index (χ0n) is 15.1. The smallest absolute Gasteiger partial charge is 0.409 e. The number of carbonyl (C=O) groups is 2.